The molecule has 0 bridgehead atoms. The third kappa shape index (κ3) is 2.73. The van der Waals surface area contributed by atoms with E-state index < -0.39 is 0 Å². The summed E-state index contributed by atoms with van der Waals surface area (Å²) >= 11 is 6.08. The van der Waals surface area contributed by atoms with Gasteiger partial charge in [-0.15, -0.1) is 0 Å². The summed E-state index contributed by atoms with van der Waals surface area (Å²) in [5, 5.41) is 18.1. The molecular weight excluding hydrogens is 326 g/mol. The molecule has 0 atom stereocenters. The Morgan fingerprint density at radius 1 is 1.42 bits per heavy atom. The molecule has 7 heteroatoms. The van der Waals surface area contributed by atoms with E-state index in [1.54, 1.807) is 18.5 Å². The van der Waals surface area contributed by atoms with Crippen molar-refractivity contribution in [2.45, 2.75) is 33.2 Å². The van der Waals surface area contributed by atoms with Crippen LogP contribution in [0.4, 0.5) is 0 Å². The van der Waals surface area contributed by atoms with Crippen molar-refractivity contribution in [1.29, 1.82) is 0 Å². The van der Waals surface area contributed by atoms with Crippen molar-refractivity contribution in [1.82, 2.24) is 19.7 Å². The second-order valence-corrected chi connectivity index (χ2v) is 6.14. The van der Waals surface area contributed by atoms with E-state index in [1.165, 1.54) is 6.21 Å². The van der Waals surface area contributed by atoms with Crippen LogP contribution in [0.15, 0.2) is 29.7 Å². The fourth-order valence-electron chi connectivity index (χ4n) is 2.85. The molecule has 3 aromatic rings. The average Bonchev–Trinajstić information content (AvgIpc) is 2.96. The van der Waals surface area contributed by atoms with Crippen molar-refractivity contribution in [3.8, 4) is 11.1 Å². The van der Waals surface area contributed by atoms with Crippen LogP contribution in [-0.2, 0) is 6.54 Å². The SMILES string of the molecule is CCn1ncc2c(-c3ccnc(Cl)c3)c(/C=N/O)c(C(C)C)nc21. The lowest BCUT2D eigenvalue weighted by Gasteiger charge is -2.15. The van der Waals surface area contributed by atoms with Crippen LogP contribution >= 0.6 is 11.6 Å². The molecule has 1 N–H and O–H groups in total. The Bertz CT molecular complexity index is 917. The Morgan fingerprint density at radius 3 is 2.83 bits per heavy atom. The van der Waals surface area contributed by atoms with Crippen molar-refractivity contribution >= 4 is 28.8 Å². The smallest absolute Gasteiger partial charge is 0.158 e. The van der Waals surface area contributed by atoms with E-state index in [2.05, 4.69) is 29.1 Å². The van der Waals surface area contributed by atoms with E-state index in [-0.39, 0.29) is 5.92 Å². The Labute approximate surface area is 144 Å². The number of pyridine rings is 2. The summed E-state index contributed by atoms with van der Waals surface area (Å²) in [6.07, 6.45) is 4.87. The van der Waals surface area contributed by atoms with E-state index >= 15 is 0 Å². The Balaban J connectivity index is 2.47. The van der Waals surface area contributed by atoms with Crippen LogP contribution in [-0.4, -0.2) is 31.2 Å². The number of aromatic nitrogens is 4. The first-order chi connectivity index (χ1) is 11.6. The van der Waals surface area contributed by atoms with Crippen LogP contribution in [0, 0.1) is 0 Å². The highest BCUT2D eigenvalue weighted by Crippen LogP contribution is 2.35. The first kappa shape index (κ1) is 16.4. The van der Waals surface area contributed by atoms with E-state index in [1.807, 2.05) is 17.7 Å². The zero-order valence-electron chi connectivity index (χ0n) is 13.7. The first-order valence-electron chi connectivity index (χ1n) is 7.75. The quantitative estimate of drug-likeness (QED) is 0.335. The van der Waals surface area contributed by atoms with E-state index in [0.29, 0.717) is 5.15 Å². The van der Waals surface area contributed by atoms with Gasteiger partial charge in [0.05, 0.1) is 18.1 Å². The molecule has 3 aromatic heterocycles. The van der Waals surface area contributed by atoms with Crippen molar-refractivity contribution in [2.75, 3.05) is 0 Å². The molecule has 3 heterocycles. The minimum absolute atomic E-state index is 0.152. The van der Waals surface area contributed by atoms with Gasteiger partial charge in [0.1, 0.15) is 5.15 Å². The van der Waals surface area contributed by atoms with Gasteiger partial charge in [-0.25, -0.2) is 14.6 Å². The Hall–Kier alpha value is -2.47. The third-order valence-electron chi connectivity index (χ3n) is 3.90. The summed E-state index contributed by atoms with van der Waals surface area (Å²) in [6.45, 7) is 6.85. The average molecular weight is 344 g/mol. The van der Waals surface area contributed by atoms with Crippen LogP contribution < -0.4 is 0 Å². The largest absolute Gasteiger partial charge is 0.411 e. The van der Waals surface area contributed by atoms with Crippen LogP contribution in [0.5, 0.6) is 0 Å². The summed E-state index contributed by atoms with van der Waals surface area (Å²) in [4.78, 5) is 8.83. The van der Waals surface area contributed by atoms with E-state index in [9.17, 15) is 0 Å². The third-order valence-corrected chi connectivity index (χ3v) is 4.11. The number of halogens is 1. The van der Waals surface area contributed by atoms with Gasteiger partial charge in [0.15, 0.2) is 5.65 Å². The zero-order valence-corrected chi connectivity index (χ0v) is 14.5. The lowest BCUT2D eigenvalue weighted by Crippen LogP contribution is -2.06. The number of hydrogen-bond acceptors (Lipinski definition) is 5. The van der Waals surface area contributed by atoms with Gasteiger partial charge in [0, 0.05) is 29.3 Å². The van der Waals surface area contributed by atoms with Gasteiger partial charge in [-0.1, -0.05) is 30.6 Å². The normalized spacial score (nSPS) is 11.9. The Morgan fingerprint density at radius 2 is 2.21 bits per heavy atom. The molecule has 0 aliphatic heterocycles. The number of fused-ring (bicyclic) bond motifs is 1. The molecule has 0 saturated carbocycles. The highest BCUT2D eigenvalue weighted by atomic mass is 35.5. The summed E-state index contributed by atoms with van der Waals surface area (Å²) in [7, 11) is 0. The molecule has 0 spiro atoms. The number of oxime groups is 1. The van der Waals surface area contributed by atoms with Gasteiger partial charge in [-0.05, 0) is 30.5 Å². The van der Waals surface area contributed by atoms with Crippen molar-refractivity contribution in [3.63, 3.8) is 0 Å². The van der Waals surface area contributed by atoms with Gasteiger partial charge < -0.3 is 5.21 Å². The second-order valence-electron chi connectivity index (χ2n) is 5.75. The number of hydrogen-bond donors (Lipinski definition) is 1. The second kappa shape index (κ2) is 6.57. The van der Waals surface area contributed by atoms with E-state index in [0.717, 1.165) is 40.0 Å². The molecule has 0 aliphatic rings. The molecule has 124 valence electrons. The lowest BCUT2D eigenvalue weighted by molar-refractivity contribution is 0.322. The lowest BCUT2D eigenvalue weighted by atomic mass is 9.93. The van der Waals surface area contributed by atoms with Crippen molar-refractivity contribution in [2.24, 2.45) is 5.16 Å². The molecule has 0 radical (unpaired) electrons. The highest BCUT2D eigenvalue weighted by Gasteiger charge is 2.20. The monoisotopic (exact) mass is 343 g/mol. The maximum atomic E-state index is 9.16. The summed E-state index contributed by atoms with van der Waals surface area (Å²) in [5.41, 5.74) is 4.19. The van der Waals surface area contributed by atoms with Crippen LogP contribution in [0.25, 0.3) is 22.2 Å². The van der Waals surface area contributed by atoms with Crippen LogP contribution in [0.2, 0.25) is 5.15 Å². The fraction of sp³-hybridized carbons (Fsp3) is 0.294. The van der Waals surface area contributed by atoms with Crippen LogP contribution in [0.3, 0.4) is 0 Å². The predicted molar refractivity (Wildman–Crippen MR) is 94.9 cm³/mol. The fourth-order valence-corrected chi connectivity index (χ4v) is 3.02. The highest BCUT2D eigenvalue weighted by molar-refractivity contribution is 6.29. The maximum absolute atomic E-state index is 9.16. The summed E-state index contributed by atoms with van der Waals surface area (Å²) in [6, 6.07) is 3.67. The Kier molecular flexibility index (Phi) is 4.49. The van der Waals surface area contributed by atoms with Gasteiger partial charge in [0.25, 0.3) is 0 Å². The van der Waals surface area contributed by atoms with Gasteiger partial charge in [-0.2, -0.15) is 5.10 Å². The minimum atomic E-state index is 0.152. The molecular formula is C17H18ClN5O. The maximum Gasteiger partial charge on any atom is 0.158 e. The predicted octanol–water partition coefficient (Wildman–Crippen LogP) is 4.10. The van der Waals surface area contributed by atoms with Gasteiger partial charge in [0.2, 0.25) is 0 Å². The molecule has 0 unspecified atom stereocenters. The van der Waals surface area contributed by atoms with Crippen molar-refractivity contribution < 1.29 is 5.21 Å². The number of aryl methyl sites for hydroxylation is 1. The molecule has 6 nitrogen and oxygen atoms in total. The minimum Gasteiger partial charge on any atom is -0.411 e. The van der Waals surface area contributed by atoms with Gasteiger partial charge in [-0.3, -0.25) is 0 Å². The molecule has 0 aromatic carbocycles. The molecule has 0 fully saturated rings. The number of nitrogens with zero attached hydrogens (tertiary/aromatic N) is 5. The van der Waals surface area contributed by atoms with E-state index in [4.69, 9.17) is 21.8 Å². The summed E-state index contributed by atoms with van der Waals surface area (Å²) in [5.74, 6) is 0.152. The molecule has 3 rings (SSSR count). The summed E-state index contributed by atoms with van der Waals surface area (Å²) < 4.78 is 1.85. The zero-order chi connectivity index (χ0) is 17.3. The first-order valence-corrected chi connectivity index (χ1v) is 8.13. The molecule has 0 aliphatic carbocycles. The van der Waals surface area contributed by atoms with Crippen molar-refractivity contribution in [3.05, 3.63) is 40.9 Å². The van der Waals surface area contributed by atoms with Gasteiger partial charge >= 0.3 is 0 Å². The number of rotatable bonds is 4. The molecule has 0 amide bonds. The molecule has 24 heavy (non-hydrogen) atoms. The van der Waals surface area contributed by atoms with Crippen LogP contribution in [0.1, 0.15) is 37.9 Å². The standard InChI is InChI=1S/C17H18ClN5O/c1-4-23-17-13(8-20-23)15(11-5-6-19-14(18)7-11)12(9-21-24)16(22-17)10(2)3/h5-10,24H,4H2,1-3H3/b21-9+. The topological polar surface area (TPSA) is 76.2 Å². The molecule has 0 saturated heterocycles.